The summed E-state index contributed by atoms with van der Waals surface area (Å²) in [4.78, 5) is 2.52. The standard InChI is InChI=1S/C13H28N2O/c1-4-5-13(14)10-15(8-9-16-3)11(2)12-6-7-12/h11-13H,4-10,14H2,1-3H3. The summed E-state index contributed by atoms with van der Waals surface area (Å²) < 4.78 is 5.18. The molecule has 2 atom stereocenters. The zero-order chi connectivity index (χ0) is 12.0. The highest BCUT2D eigenvalue weighted by molar-refractivity contribution is 4.86. The molecule has 0 aromatic heterocycles. The topological polar surface area (TPSA) is 38.5 Å². The quantitative estimate of drug-likeness (QED) is 0.654. The van der Waals surface area contributed by atoms with Crippen LogP contribution < -0.4 is 5.73 Å². The van der Waals surface area contributed by atoms with Crippen LogP contribution in [-0.4, -0.2) is 43.8 Å². The summed E-state index contributed by atoms with van der Waals surface area (Å²) in [5.41, 5.74) is 6.13. The van der Waals surface area contributed by atoms with Gasteiger partial charge in [-0.1, -0.05) is 13.3 Å². The van der Waals surface area contributed by atoms with Gasteiger partial charge in [-0.25, -0.2) is 0 Å². The lowest BCUT2D eigenvalue weighted by Gasteiger charge is -2.31. The van der Waals surface area contributed by atoms with Crippen LogP contribution in [0, 0.1) is 5.92 Å². The molecule has 0 aliphatic heterocycles. The lowest BCUT2D eigenvalue weighted by molar-refractivity contribution is 0.111. The minimum Gasteiger partial charge on any atom is -0.383 e. The predicted molar refractivity (Wildman–Crippen MR) is 68.5 cm³/mol. The minimum absolute atomic E-state index is 0.322. The van der Waals surface area contributed by atoms with Crippen molar-refractivity contribution in [2.75, 3.05) is 26.8 Å². The Morgan fingerprint density at radius 2 is 2.12 bits per heavy atom. The summed E-state index contributed by atoms with van der Waals surface area (Å²) in [6, 6.07) is 1.00. The molecule has 0 saturated heterocycles. The van der Waals surface area contributed by atoms with E-state index in [9.17, 15) is 0 Å². The fourth-order valence-corrected chi connectivity index (χ4v) is 2.31. The summed E-state index contributed by atoms with van der Waals surface area (Å²) in [7, 11) is 1.77. The molecule has 0 aromatic carbocycles. The van der Waals surface area contributed by atoms with Gasteiger partial charge >= 0.3 is 0 Å². The minimum atomic E-state index is 0.322. The molecule has 0 heterocycles. The van der Waals surface area contributed by atoms with Gasteiger partial charge in [0.05, 0.1) is 6.61 Å². The molecule has 0 spiro atoms. The Bertz CT molecular complexity index is 183. The van der Waals surface area contributed by atoms with Crippen molar-refractivity contribution in [1.82, 2.24) is 4.90 Å². The SMILES string of the molecule is CCCC(N)CN(CCOC)C(C)C1CC1. The van der Waals surface area contributed by atoms with E-state index in [1.165, 1.54) is 19.3 Å². The van der Waals surface area contributed by atoms with E-state index in [1.54, 1.807) is 7.11 Å². The third-order valence-corrected chi connectivity index (χ3v) is 3.59. The van der Waals surface area contributed by atoms with Gasteiger partial charge in [0.1, 0.15) is 0 Å². The lowest BCUT2D eigenvalue weighted by Crippen LogP contribution is -2.44. The zero-order valence-electron chi connectivity index (χ0n) is 11.1. The van der Waals surface area contributed by atoms with Gasteiger partial charge in [0.15, 0.2) is 0 Å². The normalized spacial score (nSPS) is 20.1. The van der Waals surface area contributed by atoms with Crippen LogP contribution >= 0.6 is 0 Å². The average Bonchev–Trinajstić information content (AvgIpc) is 3.07. The van der Waals surface area contributed by atoms with Gasteiger partial charge in [-0.05, 0) is 32.1 Å². The number of ether oxygens (including phenoxy) is 1. The predicted octanol–water partition coefficient (Wildman–Crippen LogP) is 1.86. The summed E-state index contributed by atoms with van der Waals surface area (Å²) in [6.45, 7) is 7.39. The molecule has 96 valence electrons. The summed E-state index contributed by atoms with van der Waals surface area (Å²) >= 11 is 0. The Morgan fingerprint density at radius 1 is 1.44 bits per heavy atom. The molecular weight excluding hydrogens is 200 g/mol. The number of hydrogen-bond donors (Lipinski definition) is 1. The number of nitrogens with two attached hydrogens (primary N) is 1. The molecule has 2 unspecified atom stereocenters. The molecule has 3 heteroatoms. The molecule has 0 aromatic rings. The van der Waals surface area contributed by atoms with E-state index in [0.29, 0.717) is 12.1 Å². The summed E-state index contributed by atoms with van der Waals surface area (Å²) in [5.74, 6) is 0.908. The van der Waals surface area contributed by atoms with Crippen LogP contribution in [0.25, 0.3) is 0 Å². The van der Waals surface area contributed by atoms with Crippen LogP contribution in [0.5, 0.6) is 0 Å². The molecule has 1 saturated carbocycles. The van der Waals surface area contributed by atoms with Crippen molar-refractivity contribution in [3.8, 4) is 0 Å². The van der Waals surface area contributed by atoms with E-state index in [-0.39, 0.29) is 0 Å². The molecule has 1 fully saturated rings. The fourth-order valence-electron chi connectivity index (χ4n) is 2.31. The van der Waals surface area contributed by atoms with Gasteiger partial charge in [0.25, 0.3) is 0 Å². The summed E-state index contributed by atoms with van der Waals surface area (Å²) in [6.07, 6.45) is 5.10. The first-order valence-corrected chi connectivity index (χ1v) is 6.67. The Labute approximate surface area is 100 Å². The van der Waals surface area contributed by atoms with Crippen molar-refractivity contribution in [2.24, 2.45) is 11.7 Å². The second kappa shape index (κ2) is 7.25. The number of hydrogen-bond acceptors (Lipinski definition) is 3. The molecule has 2 N–H and O–H groups in total. The first kappa shape index (κ1) is 13.9. The molecule has 16 heavy (non-hydrogen) atoms. The van der Waals surface area contributed by atoms with Crippen LogP contribution in [0.3, 0.4) is 0 Å². The second-order valence-corrected chi connectivity index (χ2v) is 5.11. The van der Waals surface area contributed by atoms with Gasteiger partial charge in [0.2, 0.25) is 0 Å². The Kier molecular flexibility index (Phi) is 6.32. The monoisotopic (exact) mass is 228 g/mol. The second-order valence-electron chi connectivity index (χ2n) is 5.11. The highest BCUT2D eigenvalue weighted by Crippen LogP contribution is 2.35. The molecule has 0 amide bonds. The van der Waals surface area contributed by atoms with Gasteiger partial charge in [-0.3, -0.25) is 4.90 Å². The van der Waals surface area contributed by atoms with Gasteiger partial charge in [-0.2, -0.15) is 0 Å². The van der Waals surface area contributed by atoms with E-state index in [0.717, 1.165) is 32.0 Å². The average molecular weight is 228 g/mol. The fraction of sp³-hybridized carbons (Fsp3) is 1.00. The highest BCUT2D eigenvalue weighted by atomic mass is 16.5. The van der Waals surface area contributed by atoms with Crippen LogP contribution in [0.4, 0.5) is 0 Å². The van der Waals surface area contributed by atoms with Crippen molar-refractivity contribution >= 4 is 0 Å². The molecule has 3 nitrogen and oxygen atoms in total. The van der Waals surface area contributed by atoms with E-state index in [1.807, 2.05) is 0 Å². The highest BCUT2D eigenvalue weighted by Gasteiger charge is 2.32. The molecule has 0 bridgehead atoms. The zero-order valence-corrected chi connectivity index (χ0v) is 11.1. The molecule has 1 aliphatic rings. The van der Waals surface area contributed by atoms with E-state index < -0.39 is 0 Å². The molecular formula is C13H28N2O. The van der Waals surface area contributed by atoms with Crippen molar-refractivity contribution in [3.63, 3.8) is 0 Å². The first-order chi connectivity index (χ1) is 7.69. The van der Waals surface area contributed by atoms with Crippen LogP contribution in [-0.2, 0) is 4.74 Å². The van der Waals surface area contributed by atoms with Crippen LogP contribution in [0.1, 0.15) is 39.5 Å². The maximum Gasteiger partial charge on any atom is 0.0589 e. The summed E-state index contributed by atoms with van der Waals surface area (Å²) in [5, 5.41) is 0. The van der Waals surface area contributed by atoms with Crippen molar-refractivity contribution in [3.05, 3.63) is 0 Å². The largest absolute Gasteiger partial charge is 0.383 e. The maximum absolute atomic E-state index is 6.13. The Balaban J connectivity index is 2.35. The van der Waals surface area contributed by atoms with Crippen molar-refractivity contribution < 1.29 is 4.74 Å². The lowest BCUT2D eigenvalue weighted by atomic mass is 10.1. The Hall–Kier alpha value is -0.120. The smallest absolute Gasteiger partial charge is 0.0589 e. The molecule has 1 rings (SSSR count). The van der Waals surface area contributed by atoms with E-state index in [2.05, 4.69) is 18.7 Å². The van der Waals surface area contributed by atoms with E-state index >= 15 is 0 Å². The maximum atomic E-state index is 6.13. The number of rotatable bonds is 9. The molecule has 1 aliphatic carbocycles. The number of nitrogens with zero attached hydrogens (tertiary/aromatic N) is 1. The third kappa shape index (κ3) is 4.81. The van der Waals surface area contributed by atoms with Crippen LogP contribution in [0.2, 0.25) is 0 Å². The van der Waals surface area contributed by atoms with Gasteiger partial charge in [-0.15, -0.1) is 0 Å². The van der Waals surface area contributed by atoms with Crippen molar-refractivity contribution in [2.45, 2.75) is 51.6 Å². The number of methoxy groups -OCH3 is 1. The van der Waals surface area contributed by atoms with Gasteiger partial charge in [0, 0.05) is 32.3 Å². The van der Waals surface area contributed by atoms with E-state index in [4.69, 9.17) is 10.5 Å². The Morgan fingerprint density at radius 3 is 2.62 bits per heavy atom. The third-order valence-electron chi connectivity index (χ3n) is 3.59. The van der Waals surface area contributed by atoms with Crippen LogP contribution in [0.15, 0.2) is 0 Å². The van der Waals surface area contributed by atoms with Crippen molar-refractivity contribution in [1.29, 1.82) is 0 Å². The van der Waals surface area contributed by atoms with Gasteiger partial charge < -0.3 is 10.5 Å². The molecule has 0 radical (unpaired) electrons. The first-order valence-electron chi connectivity index (χ1n) is 6.67.